The third-order valence-electron chi connectivity index (χ3n) is 3.44. The molecule has 0 amide bonds. The van der Waals surface area contributed by atoms with Gasteiger partial charge in [0.25, 0.3) is 0 Å². The number of aromatic carboxylic acids is 1. The minimum Gasteiger partial charge on any atom is -0.478 e. The van der Waals surface area contributed by atoms with Crippen LogP contribution in [0.3, 0.4) is 0 Å². The maximum absolute atomic E-state index is 12.6. The van der Waals surface area contributed by atoms with E-state index < -0.39 is 23.3 Å². The van der Waals surface area contributed by atoms with E-state index >= 15 is 0 Å². The van der Waals surface area contributed by atoms with Gasteiger partial charge in [-0.3, -0.25) is 0 Å². The van der Waals surface area contributed by atoms with Crippen LogP contribution in [-0.2, 0) is 11.6 Å². The fraction of sp³-hybridized carbons (Fsp3) is 0.500. The first-order chi connectivity index (χ1) is 8.24. The summed E-state index contributed by atoms with van der Waals surface area (Å²) >= 11 is 0. The lowest BCUT2D eigenvalue weighted by Gasteiger charge is -2.38. The minimum atomic E-state index is -4.55. The van der Waals surface area contributed by atoms with Gasteiger partial charge in [-0.25, -0.2) is 9.78 Å². The third kappa shape index (κ3) is 2.07. The van der Waals surface area contributed by atoms with Gasteiger partial charge in [0.15, 0.2) is 0 Å². The molecule has 1 fully saturated rings. The number of hydrogen-bond acceptors (Lipinski definition) is 2. The molecule has 3 nitrogen and oxygen atoms in total. The normalized spacial score (nSPS) is 18.2. The topological polar surface area (TPSA) is 50.2 Å². The van der Waals surface area contributed by atoms with Crippen LogP contribution in [0.4, 0.5) is 13.2 Å². The Bertz CT molecular complexity index is 493. The zero-order valence-corrected chi connectivity index (χ0v) is 9.71. The molecule has 0 saturated heterocycles. The number of alkyl halides is 3. The van der Waals surface area contributed by atoms with E-state index in [1.807, 2.05) is 0 Å². The highest BCUT2D eigenvalue weighted by molar-refractivity contribution is 5.89. The highest BCUT2D eigenvalue weighted by Gasteiger charge is 2.41. The number of carbonyl (C=O) groups is 1. The Kier molecular flexibility index (Phi) is 2.83. The van der Waals surface area contributed by atoms with Crippen molar-refractivity contribution in [3.8, 4) is 0 Å². The Labute approximate surface area is 102 Å². The van der Waals surface area contributed by atoms with E-state index in [0.717, 1.165) is 18.6 Å². The molecule has 0 spiro atoms. The average molecular weight is 259 g/mol. The lowest BCUT2D eigenvalue weighted by molar-refractivity contribution is -0.141. The summed E-state index contributed by atoms with van der Waals surface area (Å²) in [5, 5.41) is 9.02. The Morgan fingerprint density at radius 2 is 2.00 bits per heavy atom. The molecule has 0 aromatic carbocycles. The molecule has 18 heavy (non-hydrogen) atoms. The van der Waals surface area contributed by atoms with E-state index in [2.05, 4.69) is 4.98 Å². The minimum absolute atomic E-state index is 0.0519. The van der Waals surface area contributed by atoms with Crippen LogP contribution in [0.25, 0.3) is 0 Å². The molecular weight excluding hydrogens is 247 g/mol. The van der Waals surface area contributed by atoms with Crippen LogP contribution in [0.2, 0.25) is 0 Å². The van der Waals surface area contributed by atoms with Crippen LogP contribution in [-0.4, -0.2) is 16.1 Å². The van der Waals surface area contributed by atoms with Gasteiger partial charge in [0.1, 0.15) is 5.69 Å². The summed E-state index contributed by atoms with van der Waals surface area (Å²) < 4.78 is 37.8. The van der Waals surface area contributed by atoms with Crippen LogP contribution in [0.5, 0.6) is 0 Å². The Morgan fingerprint density at radius 3 is 2.39 bits per heavy atom. The van der Waals surface area contributed by atoms with Crippen LogP contribution < -0.4 is 0 Å². The number of carboxylic acid groups (broad SMARTS) is 1. The van der Waals surface area contributed by atoms with E-state index in [9.17, 15) is 18.0 Å². The standard InChI is InChI=1S/C12H12F3NO2/c1-11(5-2-6-11)9-7(10(17)18)3-4-8(16-9)12(13,14)15/h3-4H,2,5-6H2,1H3,(H,17,18). The van der Waals surface area contributed by atoms with Gasteiger partial charge in [-0.2, -0.15) is 13.2 Å². The molecule has 0 bridgehead atoms. The van der Waals surface area contributed by atoms with Gasteiger partial charge < -0.3 is 5.11 Å². The summed E-state index contributed by atoms with van der Waals surface area (Å²) in [6.07, 6.45) is -2.33. The lowest BCUT2D eigenvalue weighted by atomic mass is 9.67. The molecule has 1 saturated carbocycles. The van der Waals surface area contributed by atoms with Gasteiger partial charge in [-0.1, -0.05) is 13.3 Å². The summed E-state index contributed by atoms with van der Waals surface area (Å²) in [5.41, 5.74) is -1.66. The summed E-state index contributed by atoms with van der Waals surface area (Å²) in [6.45, 7) is 1.76. The highest BCUT2D eigenvalue weighted by atomic mass is 19.4. The number of nitrogens with zero attached hydrogens (tertiary/aromatic N) is 1. The van der Waals surface area contributed by atoms with Crippen molar-refractivity contribution < 1.29 is 23.1 Å². The molecule has 1 N–H and O–H groups in total. The molecule has 1 aliphatic carbocycles. The number of halogens is 3. The first-order valence-electron chi connectivity index (χ1n) is 5.56. The molecule has 1 aromatic heterocycles. The third-order valence-corrected chi connectivity index (χ3v) is 3.44. The number of aromatic nitrogens is 1. The molecule has 0 atom stereocenters. The second kappa shape index (κ2) is 3.96. The first kappa shape index (κ1) is 12.9. The summed E-state index contributed by atoms with van der Waals surface area (Å²) in [5.74, 6) is -1.24. The molecule has 1 heterocycles. The van der Waals surface area contributed by atoms with E-state index in [4.69, 9.17) is 5.11 Å². The number of rotatable bonds is 2. The maximum atomic E-state index is 12.6. The van der Waals surface area contributed by atoms with Crippen LogP contribution in [0.15, 0.2) is 12.1 Å². The molecule has 1 aliphatic rings. The smallest absolute Gasteiger partial charge is 0.433 e. The van der Waals surface area contributed by atoms with Gasteiger partial charge in [0, 0.05) is 5.41 Å². The molecule has 0 aliphatic heterocycles. The van der Waals surface area contributed by atoms with Crippen molar-refractivity contribution in [1.82, 2.24) is 4.98 Å². The van der Waals surface area contributed by atoms with Crippen molar-refractivity contribution in [2.75, 3.05) is 0 Å². The summed E-state index contributed by atoms with van der Waals surface area (Å²) in [6, 6.07) is 1.71. The largest absolute Gasteiger partial charge is 0.478 e. The second-order valence-electron chi connectivity index (χ2n) is 4.81. The van der Waals surface area contributed by atoms with Gasteiger partial charge in [-0.15, -0.1) is 0 Å². The maximum Gasteiger partial charge on any atom is 0.433 e. The quantitative estimate of drug-likeness (QED) is 0.887. The zero-order chi connectivity index (χ0) is 13.6. The van der Waals surface area contributed by atoms with Crippen molar-refractivity contribution in [1.29, 1.82) is 0 Å². The van der Waals surface area contributed by atoms with Crippen molar-refractivity contribution in [3.05, 3.63) is 29.1 Å². The SMILES string of the molecule is CC1(c2nc(C(F)(F)F)ccc2C(=O)O)CCC1. The van der Waals surface area contributed by atoms with Gasteiger partial charge in [-0.05, 0) is 25.0 Å². The molecule has 6 heteroatoms. The Balaban J connectivity index is 2.55. The predicted molar refractivity (Wildman–Crippen MR) is 57.4 cm³/mol. The monoisotopic (exact) mass is 259 g/mol. The van der Waals surface area contributed by atoms with E-state index in [-0.39, 0.29) is 11.3 Å². The molecule has 2 rings (SSSR count). The second-order valence-corrected chi connectivity index (χ2v) is 4.81. The number of pyridine rings is 1. The Morgan fingerprint density at radius 1 is 1.39 bits per heavy atom. The molecule has 98 valence electrons. The fourth-order valence-electron chi connectivity index (χ4n) is 2.19. The Hall–Kier alpha value is -1.59. The van der Waals surface area contributed by atoms with Crippen molar-refractivity contribution >= 4 is 5.97 Å². The van der Waals surface area contributed by atoms with E-state index in [1.54, 1.807) is 6.92 Å². The van der Waals surface area contributed by atoms with E-state index in [0.29, 0.717) is 12.8 Å². The number of hydrogen-bond donors (Lipinski definition) is 1. The molecule has 0 unspecified atom stereocenters. The highest BCUT2D eigenvalue weighted by Crippen LogP contribution is 2.44. The summed E-state index contributed by atoms with van der Waals surface area (Å²) in [4.78, 5) is 14.6. The molecule has 1 aromatic rings. The van der Waals surface area contributed by atoms with Crippen LogP contribution >= 0.6 is 0 Å². The number of carboxylic acids is 1. The van der Waals surface area contributed by atoms with Gasteiger partial charge in [0.05, 0.1) is 11.3 Å². The van der Waals surface area contributed by atoms with Crippen LogP contribution in [0, 0.1) is 0 Å². The van der Waals surface area contributed by atoms with Crippen LogP contribution in [0.1, 0.15) is 47.9 Å². The predicted octanol–water partition coefficient (Wildman–Crippen LogP) is 3.24. The average Bonchev–Trinajstić information content (AvgIpc) is 2.23. The van der Waals surface area contributed by atoms with Crippen molar-refractivity contribution in [2.45, 2.75) is 37.8 Å². The first-order valence-corrected chi connectivity index (χ1v) is 5.56. The molecule has 0 radical (unpaired) electrons. The van der Waals surface area contributed by atoms with Crippen molar-refractivity contribution in [3.63, 3.8) is 0 Å². The fourth-order valence-corrected chi connectivity index (χ4v) is 2.19. The van der Waals surface area contributed by atoms with Gasteiger partial charge >= 0.3 is 12.1 Å². The lowest BCUT2D eigenvalue weighted by Crippen LogP contribution is -2.34. The molecular formula is C12H12F3NO2. The summed E-state index contributed by atoms with van der Waals surface area (Å²) in [7, 11) is 0. The zero-order valence-electron chi connectivity index (χ0n) is 9.71. The van der Waals surface area contributed by atoms with Crippen molar-refractivity contribution in [2.24, 2.45) is 0 Å². The van der Waals surface area contributed by atoms with Gasteiger partial charge in [0.2, 0.25) is 0 Å². The van der Waals surface area contributed by atoms with E-state index in [1.165, 1.54) is 0 Å².